The van der Waals surface area contributed by atoms with Gasteiger partial charge in [0.2, 0.25) is 5.91 Å². The number of hydrogen-bond acceptors (Lipinski definition) is 4. The van der Waals surface area contributed by atoms with Gasteiger partial charge in [-0.25, -0.2) is 0 Å². The summed E-state index contributed by atoms with van der Waals surface area (Å²) >= 11 is 0. The molecule has 1 aromatic carbocycles. The molecule has 1 aliphatic heterocycles. The van der Waals surface area contributed by atoms with Crippen LogP contribution in [0.5, 0.6) is 0 Å². The van der Waals surface area contributed by atoms with Crippen LogP contribution in [-0.4, -0.2) is 35.8 Å². The number of likely N-dealkylation sites (tertiary alicyclic amines) is 1. The van der Waals surface area contributed by atoms with Crippen LogP contribution in [0.4, 0.5) is 5.69 Å². The molecule has 1 saturated heterocycles. The minimum Gasteiger partial charge on any atom is -0.550 e. The third-order valence-electron chi connectivity index (χ3n) is 4.86. The van der Waals surface area contributed by atoms with E-state index in [1.807, 2.05) is 11.0 Å². The number of hydrogen-bond donors (Lipinski definition) is 1. The van der Waals surface area contributed by atoms with E-state index in [2.05, 4.69) is 5.32 Å². The molecule has 0 radical (unpaired) electrons. The molecule has 0 bridgehead atoms. The van der Waals surface area contributed by atoms with E-state index in [4.69, 9.17) is 0 Å². The first-order valence-electron chi connectivity index (χ1n) is 8.62. The van der Waals surface area contributed by atoms with Crippen molar-refractivity contribution in [2.75, 3.05) is 18.4 Å². The number of rotatable bonds is 4. The summed E-state index contributed by atoms with van der Waals surface area (Å²) in [6, 6.07) is 6.72. The second-order valence-corrected chi connectivity index (χ2v) is 6.54. The van der Waals surface area contributed by atoms with Crippen molar-refractivity contribution in [2.45, 2.75) is 25.7 Å². The topological polar surface area (TPSA) is 89.5 Å². The number of nitrogens with zero attached hydrogens (tertiary/aromatic N) is 1. The van der Waals surface area contributed by atoms with Gasteiger partial charge < -0.3 is 20.1 Å². The van der Waals surface area contributed by atoms with Gasteiger partial charge in [-0.15, -0.1) is 0 Å². The van der Waals surface area contributed by atoms with Gasteiger partial charge in [0.25, 0.3) is 5.91 Å². The highest BCUT2D eigenvalue weighted by molar-refractivity contribution is 5.97. The molecule has 25 heavy (non-hydrogen) atoms. The van der Waals surface area contributed by atoms with Crippen LogP contribution in [0.3, 0.4) is 0 Å². The molecule has 1 aromatic rings. The van der Waals surface area contributed by atoms with Gasteiger partial charge in [-0.05, 0) is 49.9 Å². The number of carbonyl (C=O) groups excluding carboxylic acids is 3. The summed E-state index contributed by atoms with van der Waals surface area (Å²) in [4.78, 5) is 37.7. The lowest BCUT2D eigenvalue weighted by Gasteiger charge is -2.28. The largest absolute Gasteiger partial charge is 0.550 e. The van der Waals surface area contributed by atoms with Gasteiger partial charge in [-0.2, -0.15) is 0 Å². The molecule has 2 amide bonds. The molecular formula is C19H21N2O4-. The Labute approximate surface area is 146 Å². The van der Waals surface area contributed by atoms with Crippen molar-refractivity contribution in [3.05, 3.63) is 42.0 Å². The number of amides is 2. The van der Waals surface area contributed by atoms with Crippen LogP contribution < -0.4 is 10.4 Å². The van der Waals surface area contributed by atoms with E-state index in [0.717, 1.165) is 25.9 Å². The Morgan fingerprint density at radius 1 is 0.960 bits per heavy atom. The van der Waals surface area contributed by atoms with Crippen molar-refractivity contribution in [2.24, 2.45) is 11.8 Å². The predicted molar refractivity (Wildman–Crippen MR) is 90.6 cm³/mol. The van der Waals surface area contributed by atoms with E-state index >= 15 is 0 Å². The van der Waals surface area contributed by atoms with E-state index in [0.29, 0.717) is 24.1 Å². The molecule has 6 nitrogen and oxygen atoms in total. The number of aliphatic carboxylic acids is 1. The van der Waals surface area contributed by atoms with Gasteiger partial charge in [-0.3, -0.25) is 9.59 Å². The zero-order chi connectivity index (χ0) is 17.8. The third kappa shape index (κ3) is 3.90. The van der Waals surface area contributed by atoms with E-state index in [1.165, 1.54) is 0 Å². The molecule has 1 fully saturated rings. The molecule has 1 aliphatic carbocycles. The zero-order valence-corrected chi connectivity index (χ0v) is 13.9. The molecule has 1 heterocycles. The number of carbonyl (C=O) groups is 3. The highest BCUT2D eigenvalue weighted by Gasteiger charge is 2.29. The van der Waals surface area contributed by atoms with Crippen molar-refractivity contribution in [3.8, 4) is 0 Å². The van der Waals surface area contributed by atoms with Crippen LogP contribution in [0.1, 0.15) is 36.0 Å². The first-order chi connectivity index (χ1) is 12.1. The average molecular weight is 341 g/mol. The summed E-state index contributed by atoms with van der Waals surface area (Å²) in [5.41, 5.74) is 1.14. The lowest BCUT2D eigenvalue weighted by molar-refractivity contribution is -0.313. The number of carboxylic acids is 1. The van der Waals surface area contributed by atoms with E-state index in [-0.39, 0.29) is 11.8 Å². The number of allylic oxidation sites excluding steroid dienone is 2. The Bertz CT molecular complexity index is 690. The van der Waals surface area contributed by atoms with Gasteiger partial charge in [0.05, 0.1) is 5.92 Å². The van der Waals surface area contributed by atoms with Gasteiger partial charge in [0.15, 0.2) is 0 Å². The molecule has 6 heteroatoms. The van der Waals surface area contributed by atoms with E-state index in [1.54, 1.807) is 30.3 Å². The minimum absolute atomic E-state index is 0.00445. The number of nitrogens with one attached hydrogen (secondary N) is 1. The lowest BCUT2D eigenvalue weighted by atomic mass is 9.82. The molecule has 2 atom stereocenters. The molecule has 132 valence electrons. The maximum absolute atomic E-state index is 12.4. The van der Waals surface area contributed by atoms with Gasteiger partial charge >= 0.3 is 0 Å². The summed E-state index contributed by atoms with van der Waals surface area (Å²) in [6.07, 6.45) is 6.36. The number of anilines is 1. The molecule has 2 aliphatic rings. The number of benzene rings is 1. The van der Waals surface area contributed by atoms with Gasteiger partial charge in [-0.1, -0.05) is 12.2 Å². The Kier molecular flexibility index (Phi) is 5.16. The SMILES string of the molecule is O=C([O-])[C@H]1CC=CC[C@@H]1C(=O)Nc1ccc(C(=O)N2CCCC2)cc1. The Balaban J connectivity index is 1.64. The summed E-state index contributed by atoms with van der Waals surface area (Å²) in [7, 11) is 0. The van der Waals surface area contributed by atoms with Crippen LogP contribution in [0.25, 0.3) is 0 Å². The second kappa shape index (κ2) is 7.51. The minimum atomic E-state index is -1.20. The van der Waals surface area contributed by atoms with Gasteiger partial charge in [0.1, 0.15) is 0 Å². The van der Waals surface area contributed by atoms with Crippen LogP contribution in [-0.2, 0) is 9.59 Å². The van der Waals surface area contributed by atoms with Crippen molar-refractivity contribution in [3.63, 3.8) is 0 Å². The Morgan fingerprint density at radius 3 is 2.16 bits per heavy atom. The zero-order valence-electron chi connectivity index (χ0n) is 13.9. The maximum atomic E-state index is 12.4. The predicted octanol–water partition coefficient (Wildman–Crippen LogP) is 1.19. The third-order valence-corrected chi connectivity index (χ3v) is 4.86. The molecule has 0 saturated carbocycles. The van der Waals surface area contributed by atoms with Crippen molar-refractivity contribution in [1.29, 1.82) is 0 Å². The second-order valence-electron chi connectivity index (χ2n) is 6.54. The fraction of sp³-hybridized carbons (Fsp3) is 0.421. The Morgan fingerprint density at radius 2 is 1.56 bits per heavy atom. The van der Waals surface area contributed by atoms with Crippen LogP contribution >= 0.6 is 0 Å². The van der Waals surface area contributed by atoms with Crippen molar-refractivity contribution >= 4 is 23.5 Å². The molecule has 0 aromatic heterocycles. The highest BCUT2D eigenvalue weighted by atomic mass is 16.4. The summed E-state index contributed by atoms with van der Waals surface area (Å²) in [5.74, 6) is -2.97. The smallest absolute Gasteiger partial charge is 0.253 e. The average Bonchev–Trinajstić information content (AvgIpc) is 3.16. The Hall–Kier alpha value is -2.63. The molecule has 1 N–H and O–H groups in total. The summed E-state index contributed by atoms with van der Waals surface area (Å²) < 4.78 is 0. The lowest BCUT2D eigenvalue weighted by Crippen LogP contribution is -2.41. The molecule has 3 rings (SSSR count). The van der Waals surface area contributed by atoms with E-state index in [9.17, 15) is 19.5 Å². The molecular weight excluding hydrogens is 320 g/mol. The fourth-order valence-corrected chi connectivity index (χ4v) is 3.40. The highest BCUT2D eigenvalue weighted by Crippen LogP contribution is 2.26. The van der Waals surface area contributed by atoms with Crippen molar-refractivity contribution < 1.29 is 19.5 Å². The van der Waals surface area contributed by atoms with Gasteiger partial charge in [0, 0.05) is 36.2 Å². The van der Waals surface area contributed by atoms with Crippen molar-refractivity contribution in [1.82, 2.24) is 4.90 Å². The van der Waals surface area contributed by atoms with E-state index < -0.39 is 17.8 Å². The quantitative estimate of drug-likeness (QED) is 0.833. The molecule has 0 spiro atoms. The summed E-state index contributed by atoms with van der Waals surface area (Å²) in [5, 5.41) is 13.9. The maximum Gasteiger partial charge on any atom is 0.253 e. The van der Waals surface area contributed by atoms with Crippen LogP contribution in [0.15, 0.2) is 36.4 Å². The monoisotopic (exact) mass is 341 g/mol. The first-order valence-corrected chi connectivity index (χ1v) is 8.62. The van der Waals surface area contributed by atoms with Crippen LogP contribution in [0, 0.1) is 11.8 Å². The number of carboxylic acid groups (broad SMARTS) is 1. The van der Waals surface area contributed by atoms with Crippen LogP contribution in [0.2, 0.25) is 0 Å². The fourth-order valence-electron chi connectivity index (χ4n) is 3.40. The first kappa shape index (κ1) is 17.2. The normalized spacial score (nSPS) is 22.6. The molecule has 0 unspecified atom stereocenters. The standard InChI is InChI=1S/C19H22N2O4/c22-17(15-5-1-2-6-16(15)19(24)25)20-14-9-7-13(8-10-14)18(23)21-11-3-4-12-21/h1-2,7-10,15-16H,3-6,11-12H2,(H,20,22)(H,24,25)/p-1/t15-,16-/m0/s1. The summed E-state index contributed by atoms with van der Waals surface area (Å²) in [6.45, 7) is 1.58.